The zero-order chi connectivity index (χ0) is 8.59. The summed E-state index contributed by atoms with van der Waals surface area (Å²) in [4.78, 5) is 0. The molecule has 4 heteroatoms. The highest BCUT2D eigenvalue weighted by Crippen LogP contribution is 2.24. The molecule has 0 aromatic rings. The lowest BCUT2D eigenvalue weighted by Crippen LogP contribution is -2.35. The molecule has 1 aliphatic heterocycles. The van der Waals surface area contributed by atoms with Crippen molar-refractivity contribution < 1.29 is 19.3 Å². The number of rotatable bonds is 1. The smallest absolute Gasteiger partial charge is 0.126 e. The van der Waals surface area contributed by atoms with E-state index in [9.17, 15) is 4.39 Å². The number of ether oxygens (including phenoxy) is 1. The van der Waals surface area contributed by atoms with Crippen molar-refractivity contribution in [3.05, 3.63) is 6.92 Å². The Bertz CT molecular complexity index is 140. The van der Waals surface area contributed by atoms with Crippen LogP contribution < -0.4 is 0 Å². The highest BCUT2D eigenvalue weighted by atomic mass is 19.1. The van der Waals surface area contributed by atoms with Crippen LogP contribution in [-0.2, 0) is 4.74 Å². The predicted molar refractivity (Wildman–Crippen MR) is 35.5 cm³/mol. The fourth-order valence-electron chi connectivity index (χ4n) is 1.11. The van der Waals surface area contributed by atoms with Crippen LogP contribution in [0.2, 0.25) is 0 Å². The summed E-state index contributed by atoms with van der Waals surface area (Å²) in [6.07, 6.45) is -5.70. The maximum absolute atomic E-state index is 12.6. The molecule has 0 aliphatic carbocycles. The molecule has 3 nitrogen and oxygen atoms in total. The summed E-state index contributed by atoms with van der Waals surface area (Å²) in [6, 6.07) is 0. The number of alkyl halides is 1. The molecule has 2 N–H and O–H groups in total. The van der Waals surface area contributed by atoms with E-state index in [0.29, 0.717) is 0 Å². The molecule has 1 rings (SSSR count). The van der Waals surface area contributed by atoms with Gasteiger partial charge >= 0.3 is 0 Å². The van der Waals surface area contributed by atoms with Crippen molar-refractivity contribution in [1.82, 2.24) is 0 Å². The van der Waals surface area contributed by atoms with E-state index >= 15 is 0 Å². The highest BCUT2D eigenvalue weighted by Gasteiger charge is 2.43. The molecule has 1 fully saturated rings. The summed E-state index contributed by atoms with van der Waals surface area (Å²) in [5, 5.41) is 18.1. The Balaban J connectivity index is 2.59. The summed E-state index contributed by atoms with van der Waals surface area (Å²) >= 11 is 0. The largest absolute Gasteiger partial charge is 0.388 e. The molecule has 1 aliphatic rings. The number of aliphatic hydroxyl groups excluding tert-OH is 2. The lowest BCUT2D eigenvalue weighted by molar-refractivity contribution is -0.0220. The maximum Gasteiger partial charge on any atom is 0.126 e. The standard InChI is InChI=1S/C7H11FO3/c1-3(8)7-6(10)5(9)4(2)11-7/h2-7,9-10H,1H3/t3-,4-,5?,6+,7-/m0/s1. The molecular weight excluding hydrogens is 151 g/mol. The first-order chi connectivity index (χ1) is 5.04. The monoisotopic (exact) mass is 162 g/mol. The molecule has 2 radical (unpaired) electrons. The van der Waals surface area contributed by atoms with Gasteiger partial charge in [0.15, 0.2) is 0 Å². The van der Waals surface area contributed by atoms with Crippen LogP contribution in [0, 0.1) is 6.92 Å². The minimum atomic E-state index is -1.33. The fourth-order valence-corrected chi connectivity index (χ4v) is 1.11. The first kappa shape index (κ1) is 8.90. The van der Waals surface area contributed by atoms with E-state index in [1.807, 2.05) is 0 Å². The summed E-state index contributed by atoms with van der Waals surface area (Å²) in [5.74, 6) is 0. The number of halogens is 1. The zero-order valence-electron chi connectivity index (χ0n) is 6.14. The molecular formula is C7H11FO3. The van der Waals surface area contributed by atoms with Crippen LogP contribution in [0.1, 0.15) is 6.92 Å². The van der Waals surface area contributed by atoms with Gasteiger partial charge in [-0.25, -0.2) is 4.39 Å². The lowest BCUT2D eigenvalue weighted by Gasteiger charge is -2.14. The van der Waals surface area contributed by atoms with E-state index in [1.165, 1.54) is 6.92 Å². The van der Waals surface area contributed by atoms with Gasteiger partial charge in [0.25, 0.3) is 0 Å². The van der Waals surface area contributed by atoms with Crippen molar-refractivity contribution in [3.63, 3.8) is 0 Å². The summed E-state index contributed by atoms with van der Waals surface area (Å²) in [5.41, 5.74) is 0. The molecule has 0 aromatic heterocycles. The van der Waals surface area contributed by atoms with Gasteiger partial charge in [-0.3, -0.25) is 0 Å². The van der Waals surface area contributed by atoms with Gasteiger partial charge in [0.1, 0.15) is 24.5 Å². The van der Waals surface area contributed by atoms with Gasteiger partial charge in [0, 0.05) is 0 Å². The molecule has 0 aromatic carbocycles. The Morgan fingerprint density at radius 1 is 1.45 bits per heavy atom. The van der Waals surface area contributed by atoms with Crippen LogP contribution in [0.5, 0.6) is 0 Å². The Kier molecular flexibility index (Phi) is 2.47. The quantitative estimate of drug-likeness (QED) is 0.548. The molecule has 5 atom stereocenters. The normalized spacial score (nSPS) is 47.7. The van der Waals surface area contributed by atoms with E-state index in [2.05, 4.69) is 0 Å². The molecule has 11 heavy (non-hydrogen) atoms. The Morgan fingerprint density at radius 2 is 2.00 bits per heavy atom. The van der Waals surface area contributed by atoms with Crippen molar-refractivity contribution in [1.29, 1.82) is 0 Å². The van der Waals surface area contributed by atoms with Crippen LogP contribution in [0.25, 0.3) is 0 Å². The van der Waals surface area contributed by atoms with Gasteiger partial charge in [0.2, 0.25) is 0 Å². The van der Waals surface area contributed by atoms with Crippen LogP contribution in [-0.4, -0.2) is 40.8 Å². The predicted octanol–water partition coefficient (Wildman–Crippen LogP) is -0.455. The zero-order valence-corrected chi connectivity index (χ0v) is 6.14. The molecule has 0 amide bonds. The minimum Gasteiger partial charge on any atom is -0.388 e. The highest BCUT2D eigenvalue weighted by molar-refractivity contribution is 4.93. The molecule has 1 saturated heterocycles. The maximum atomic E-state index is 12.6. The number of aliphatic hydroxyl groups is 2. The fraction of sp³-hybridized carbons (Fsp3) is 0.857. The van der Waals surface area contributed by atoms with Gasteiger partial charge < -0.3 is 14.9 Å². The summed E-state index contributed by atoms with van der Waals surface area (Å²) in [7, 11) is 0. The lowest BCUT2D eigenvalue weighted by atomic mass is 10.1. The SMILES string of the molecule is [CH][C@@H]1O[C@@H]([C@H](C)F)[C@H](O)C1O. The third-order valence-corrected chi connectivity index (χ3v) is 1.79. The van der Waals surface area contributed by atoms with E-state index in [-0.39, 0.29) is 0 Å². The van der Waals surface area contributed by atoms with Crippen molar-refractivity contribution in [2.45, 2.75) is 37.5 Å². The molecule has 0 spiro atoms. The first-order valence-electron chi connectivity index (χ1n) is 3.45. The van der Waals surface area contributed by atoms with Crippen molar-refractivity contribution >= 4 is 0 Å². The average molecular weight is 162 g/mol. The Labute approximate surface area is 64.8 Å². The summed E-state index contributed by atoms with van der Waals surface area (Å²) in [6.45, 7) is 6.45. The first-order valence-corrected chi connectivity index (χ1v) is 3.45. The van der Waals surface area contributed by atoms with E-state index in [0.717, 1.165) is 0 Å². The van der Waals surface area contributed by atoms with E-state index < -0.39 is 30.6 Å². The number of hydrogen-bond acceptors (Lipinski definition) is 3. The Hall–Kier alpha value is -0.190. The minimum absolute atomic E-state index is 0.979. The second kappa shape index (κ2) is 3.05. The summed E-state index contributed by atoms with van der Waals surface area (Å²) < 4.78 is 17.3. The third kappa shape index (κ3) is 1.52. The molecule has 1 heterocycles. The molecule has 1 unspecified atom stereocenters. The van der Waals surface area contributed by atoms with E-state index in [1.54, 1.807) is 0 Å². The van der Waals surface area contributed by atoms with Gasteiger partial charge in [-0.15, -0.1) is 0 Å². The van der Waals surface area contributed by atoms with Crippen LogP contribution in [0.3, 0.4) is 0 Å². The van der Waals surface area contributed by atoms with Crippen molar-refractivity contribution in [2.24, 2.45) is 0 Å². The van der Waals surface area contributed by atoms with Gasteiger partial charge in [-0.1, -0.05) is 0 Å². The molecule has 0 saturated carbocycles. The van der Waals surface area contributed by atoms with Gasteiger partial charge in [0.05, 0.1) is 6.10 Å². The second-order valence-electron chi connectivity index (χ2n) is 2.72. The van der Waals surface area contributed by atoms with E-state index in [4.69, 9.17) is 21.9 Å². The average Bonchev–Trinajstić information content (AvgIpc) is 2.17. The third-order valence-electron chi connectivity index (χ3n) is 1.79. The van der Waals surface area contributed by atoms with Crippen molar-refractivity contribution in [3.8, 4) is 0 Å². The second-order valence-corrected chi connectivity index (χ2v) is 2.72. The Morgan fingerprint density at radius 3 is 2.18 bits per heavy atom. The van der Waals surface area contributed by atoms with Crippen LogP contribution >= 0.6 is 0 Å². The molecule has 0 bridgehead atoms. The van der Waals surface area contributed by atoms with Crippen LogP contribution in [0.4, 0.5) is 4.39 Å². The number of hydrogen-bond donors (Lipinski definition) is 2. The topological polar surface area (TPSA) is 49.7 Å². The molecule has 64 valence electrons. The van der Waals surface area contributed by atoms with Crippen molar-refractivity contribution in [2.75, 3.05) is 0 Å². The van der Waals surface area contributed by atoms with Gasteiger partial charge in [-0.05, 0) is 13.8 Å². The van der Waals surface area contributed by atoms with Crippen LogP contribution in [0.15, 0.2) is 0 Å². The van der Waals surface area contributed by atoms with Gasteiger partial charge in [-0.2, -0.15) is 0 Å².